The highest BCUT2D eigenvalue weighted by molar-refractivity contribution is 8.03. The first kappa shape index (κ1) is 15.9. The molecule has 6 nitrogen and oxygen atoms in total. The minimum atomic E-state index is -0.148. The summed E-state index contributed by atoms with van der Waals surface area (Å²) < 4.78 is 6.84. The Balaban J connectivity index is 1.94. The molecule has 0 fully saturated rings. The van der Waals surface area contributed by atoms with Crippen molar-refractivity contribution in [3.8, 4) is 5.75 Å². The highest BCUT2D eigenvalue weighted by Gasteiger charge is 2.10. The summed E-state index contributed by atoms with van der Waals surface area (Å²) in [6, 6.07) is 5.10. The zero-order chi connectivity index (χ0) is 15.2. The number of hydrogen-bond acceptors (Lipinski definition) is 8. The van der Waals surface area contributed by atoms with E-state index in [-0.39, 0.29) is 11.7 Å². The Morgan fingerprint density at radius 3 is 2.86 bits per heavy atom. The van der Waals surface area contributed by atoms with Crippen molar-refractivity contribution in [2.24, 2.45) is 0 Å². The van der Waals surface area contributed by atoms with Crippen molar-refractivity contribution >= 4 is 52.1 Å². The van der Waals surface area contributed by atoms with Crippen LogP contribution in [0.5, 0.6) is 5.75 Å². The number of amides is 1. The van der Waals surface area contributed by atoms with Crippen LogP contribution in [0.15, 0.2) is 26.9 Å². The summed E-state index contributed by atoms with van der Waals surface area (Å²) in [5.41, 5.74) is 6.83. The first-order valence-electron chi connectivity index (χ1n) is 5.86. The van der Waals surface area contributed by atoms with E-state index in [0.717, 1.165) is 8.68 Å². The molecule has 0 aliphatic heterocycles. The van der Waals surface area contributed by atoms with E-state index in [2.05, 4.69) is 15.5 Å². The summed E-state index contributed by atoms with van der Waals surface area (Å²) in [6.07, 6.45) is 1.94. The van der Waals surface area contributed by atoms with Gasteiger partial charge in [0.25, 0.3) is 0 Å². The molecule has 21 heavy (non-hydrogen) atoms. The number of nitrogens with zero attached hydrogens (tertiary/aromatic N) is 2. The van der Waals surface area contributed by atoms with E-state index in [1.807, 2.05) is 6.26 Å². The Morgan fingerprint density at radius 2 is 2.19 bits per heavy atom. The lowest BCUT2D eigenvalue weighted by atomic mass is 10.2. The molecular formula is C12H14N4O2S3. The first-order chi connectivity index (χ1) is 10.1. The molecule has 1 heterocycles. The molecule has 112 valence electrons. The average molecular weight is 342 g/mol. The van der Waals surface area contributed by atoms with E-state index in [4.69, 9.17) is 10.5 Å². The maximum absolute atomic E-state index is 12.0. The van der Waals surface area contributed by atoms with Crippen LogP contribution in [0.1, 0.15) is 0 Å². The van der Waals surface area contributed by atoms with Gasteiger partial charge in [0.05, 0.1) is 18.6 Å². The van der Waals surface area contributed by atoms with E-state index in [1.54, 1.807) is 25.3 Å². The van der Waals surface area contributed by atoms with Crippen LogP contribution in [-0.2, 0) is 4.79 Å². The Bertz CT molecular complexity index is 633. The van der Waals surface area contributed by atoms with Gasteiger partial charge < -0.3 is 15.8 Å². The van der Waals surface area contributed by atoms with Crippen LogP contribution >= 0.6 is 34.9 Å². The zero-order valence-electron chi connectivity index (χ0n) is 11.5. The second kappa shape index (κ2) is 7.53. The molecule has 0 saturated carbocycles. The molecule has 9 heteroatoms. The lowest BCUT2D eigenvalue weighted by Crippen LogP contribution is -2.14. The van der Waals surface area contributed by atoms with Gasteiger partial charge in [0.15, 0.2) is 8.68 Å². The third-order valence-corrected chi connectivity index (χ3v) is 5.42. The highest BCUT2D eigenvalue weighted by atomic mass is 32.2. The Morgan fingerprint density at radius 1 is 1.43 bits per heavy atom. The Kier molecular flexibility index (Phi) is 5.71. The van der Waals surface area contributed by atoms with Crippen LogP contribution in [0.4, 0.5) is 11.4 Å². The fraction of sp³-hybridized carbons (Fsp3) is 0.250. The monoisotopic (exact) mass is 342 g/mol. The number of methoxy groups -OCH3 is 1. The van der Waals surface area contributed by atoms with E-state index in [1.165, 1.54) is 34.9 Å². The van der Waals surface area contributed by atoms with E-state index >= 15 is 0 Å². The van der Waals surface area contributed by atoms with Gasteiger partial charge in [-0.3, -0.25) is 4.79 Å². The van der Waals surface area contributed by atoms with Crippen molar-refractivity contribution in [1.29, 1.82) is 0 Å². The molecule has 1 aromatic carbocycles. The second-order valence-corrected chi connectivity index (χ2v) is 7.09. The number of nitrogens with one attached hydrogen (secondary N) is 1. The van der Waals surface area contributed by atoms with E-state index < -0.39 is 0 Å². The summed E-state index contributed by atoms with van der Waals surface area (Å²) >= 11 is 4.35. The summed E-state index contributed by atoms with van der Waals surface area (Å²) in [7, 11) is 1.54. The van der Waals surface area contributed by atoms with Crippen LogP contribution in [0, 0.1) is 0 Å². The smallest absolute Gasteiger partial charge is 0.234 e. The van der Waals surface area contributed by atoms with Gasteiger partial charge in [0.2, 0.25) is 5.91 Å². The van der Waals surface area contributed by atoms with Gasteiger partial charge in [-0.25, -0.2) is 0 Å². The minimum absolute atomic E-state index is 0.148. The lowest BCUT2D eigenvalue weighted by Gasteiger charge is -2.10. The van der Waals surface area contributed by atoms with Gasteiger partial charge >= 0.3 is 0 Å². The maximum Gasteiger partial charge on any atom is 0.234 e. The topological polar surface area (TPSA) is 90.1 Å². The summed E-state index contributed by atoms with van der Waals surface area (Å²) in [5, 5.41) is 10.8. The van der Waals surface area contributed by atoms with Crippen molar-refractivity contribution in [2.45, 2.75) is 8.68 Å². The van der Waals surface area contributed by atoms with Gasteiger partial charge in [0.1, 0.15) is 5.75 Å². The Hall–Kier alpha value is -1.45. The third-order valence-electron chi connectivity index (χ3n) is 2.39. The number of ether oxygens (including phenoxy) is 1. The molecule has 0 saturated heterocycles. The standard InChI is InChI=1S/C12H14N4O2S3/c1-18-9-4-3-7(13)5-8(9)14-10(17)6-20-12-16-15-11(19-2)21-12/h3-5H,6,13H2,1-2H3,(H,14,17). The maximum atomic E-state index is 12.0. The molecule has 0 aliphatic carbocycles. The minimum Gasteiger partial charge on any atom is -0.495 e. The van der Waals surface area contributed by atoms with Gasteiger partial charge in [0, 0.05) is 5.69 Å². The fourth-order valence-electron chi connectivity index (χ4n) is 1.47. The molecular weight excluding hydrogens is 328 g/mol. The molecule has 0 spiro atoms. The molecule has 3 N–H and O–H groups in total. The highest BCUT2D eigenvalue weighted by Crippen LogP contribution is 2.29. The number of carbonyl (C=O) groups excluding carboxylic acids is 1. The number of thioether (sulfide) groups is 2. The molecule has 1 aromatic heterocycles. The van der Waals surface area contributed by atoms with E-state index in [9.17, 15) is 4.79 Å². The summed E-state index contributed by atoms with van der Waals surface area (Å²) in [4.78, 5) is 12.0. The molecule has 2 aromatic rings. The number of anilines is 2. The number of aromatic nitrogens is 2. The first-order valence-corrected chi connectivity index (χ1v) is 8.88. The quantitative estimate of drug-likeness (QED) is 0.616. The molecule has 0 unspecified atom stereocenters. The largest absolute Gasteiger partial charge is 0.495 e. The number of carbonyl (C=O) groups is 1. The van der Waals surface area contributed by atoms with Gasteiger partial charge in [-0.2, -0.15) is 0 Å². The van der Waals surface area contributed by atoms with Crippen molar-refractivity contribution in [2.75, 3.05) is 30.2 Å². The van der Waals surface area contributed by atoms with Crippen LogP contribution in [0.2, 0.25) is 0 Å². The van der Waals surface area contributed by atoms with Crippen LogP contribution in [-0.4, -0.2) is 35.2 Å². The number of nitrogen functional groups attached to an aromatic ring is 1. The van der Waals surface area contributed by atoms with Crippen LogP contribution in [0.25, 0.3) is 0 Å². The molecule has 0 aliphatic rings. The predicted molar refractivity (Wildman–Crippen MR) is 88.5 cm³/mol. The van der Waals surface area contributed by atoms with Crippen molar-refractivity contribution < 1.29 is 9.53 Å². The number of benzene rings is 1. The fourth-order valence-corrected chi connectivity index (χ4v) is 3.71. The zero-order valence-corrected chi connectivity index (χ0v) is 13.9. The Labute approximate surface area is 134 Å². The SMILES string of the molecule is COc1ccc(N)cc1NC(=O)CSc1nnc(SC)s1. The number of nitrogens with two attached hydrogens (primary N) is 1. The normalized spacial score (nSPS) is 10.4. The van der Waals surface area contributed by atoms with Gasteiger partial charge in [-0.15, -0.1) is 10.2 Å². The number of hydrogen-bond donors (Lipinski definition) is 2. The van der Waals surface area contributed by atoms with Crippen LogP contribution < -0.4 is 15.8 Å². The third kappa shape index (κ3) is 4.51. The van der Waals surface area contributed by atoms with Crippen molar-refractivity contribution in [3.05, 3.63) is 18.2 Å². The summed E-state index contributed by atoms with van der Waals surface area (Å²) in [5.74, 6) is 0.675. The molecule has 0 atom stereocenters. The van der Waals surface area contributed by atoms with Crippen molar-refractivity contribution in [3.63, 3.8) is 0 Å². The predicted octanol–water partition coefficient (Wildman–Crippen LogP) is 2.58. The average Bonchev–Trinajstić information content (AvgIpc) is 2.93. The number of rotatable bonds is 6. The van der Waals surface area contributed by atoms with Gasteiger partial charge in [-0.05, 0) is 24.5 Å². The van der Waals surface area contributed by atoms with Crippen molar-refractivity contribution in [1.82, 2.24) is 10.2 Å². The summed E-state index contributed by atoms with van der Waals surface area (Å²) in [6.45, 7) is 0. The van der Waals surface area contributed by atoms with E-state index in [0.29, 0.717) is 17.1 Å². The molecule has 2 rings (SSSR count). The lowest BCUT2D eigenvalue weighted by molar-refractivity contribution is -0.113. The van der Waals surface area contributed by atoms with Crippen LogP contribution in [0.3, 0.4) is 0 Å². The molecule has 0 bridgehead atoms. The molecule has 1 amide bonds. The molecule has 0 radical (unpaired) electrons. The second-order valence-electron chi connectivity index (χ2n) is 3.83. The van der Waals surface area contributed by atoms with Gasteiger partial charge in [-0.1, -0.05) is 34.9 Å².